The molecule has 0 aliphatic rings. The second-order valence-corrected chi connectivity index (χ2v) is 7.10. The first-order valence-electron chi connectivity index (χ1n) is 7.05. The molecule has 0 amide bonds. The van der Waals surface area contributed by atoms with E-state index in [2.05, 4.69) is 71.1 Å². The van der Waals surface area contributed by atoms with Crippen molar-refractivity contribution in [3.63, 3.8) is 0 Å². The summed E-state index contributed by atoms with van der Waals surface area (Å²) in [6, 6.07) is 8.72. The molecule has 0 saturated carbocycles. The molecule has 1 rings (SSSR count). The summed E-state index contributed by atoms with van der Waals surface area (Å²) in [6.07, 6.45) is 2.28. The summed E-state index contributed by atoms with van der Waals surface area (Å²) in [5, 5.41) is 3.71. The minimum Gasteiger partial charge on any atom is -0.308 e. The van der Waals surface area contributed by atoms with Gasteiger partial charge in [-0.3, -0.25) is 0 Å². The highest BCUT2D eigenvalue weighted by Crippen LogP contribution is 2.27. The minimum atomic E-state index is 0.180. The van der Waals surface area contributed by atoms with Gasteiger partial charge in [0.15, 0.2) is 0 Å². The van der Waals surface area contributed by atoms with Crippen molar-refractivity contribution in [1.29, 1.82) is 0 Å². The molecule has 1 N–H and O–H groups in total. The molecule has 0 fully saturated rings. The van der Waals surface area contributed by atoms with E-state index in [4.69, 9.17) is 0 Å². The highest BCUT2D eigenvalue weighted by molar-refractivity contribution is 5.27. The lowest BCUT2D eigenvalue weighted by atomic mass is 9.81. The van der Waals surface area contributed by atoms with Crippen LogP contribution in [-0.4, -0.2) is 5.54 Å². The van der Waals surface area contributed by atoms with Crippen LogP contribution in [-0.2, 0) is 13.0 Å². The topological polar surface area (TPSA) is 12.0 Å². The molecule has 0 spiro atoms. The predicted molar refractivity (Wildman–Crippen MR) is 80.8 cm³/mol. The Balaban J connectivity index is 2.64. The molecular formula is C17H29N. The number of aryl methyl sites for hydroxylation is 1. The molecule has 102 valence electrons. The molecule has 0 bridgehead atoms. The summed E-state index contributed by atoms with van der Waals surface area (Å²) in [4.78, 5) is 0. The molecular weight excluding hydrogens is 218 g/mol. The molecule has 0 saturated heterocycles. The third-order valence-electron chi connectivity index (χ3n) is 3.23. The summed E-state index contributed by atoms with van der Waals surface area (Å²) in [7, 11) is 0. The zero-order chi connectivity index (χ0) is 13.8. The summed E-state index contributed by atoms with van der Waals surface area (Å²) < 4.78 is 0. The van der Waals surface area contributed by atoms with Crippen molar-refractivity contribution in [1.82, 2.24) is 5.32 Å². The minimum absolute atomic E-state index is 0.180. The van der Waals surface area contributed by atoms with Gasteiger partial charge in [0.25, 0.3) is 0 Å². The highest BCUT2D eigenvalue weighted by Gasteiger charge is 2.24. The van der Waals surface area contributed by atoms with Crippen molar-refractivity contribution < 1.29 is 0 Å². The van der Waals surface area contributed by atoms with E-state index in [1.165, 1.54) is 17.5 Å². The standard InChI is InChI=1S/C17H29N/c1-7-14-10-8-9-11-15(14)12-18-17(5,6)13-16(2,3)4/h8-11,18H,7,12-13H2,1-6H3. The van der Waals surface area contributed by atoms with Gasteiger partial charge in [-0.05, 0) is 43.2 Å². The van der Waals surface area contributed by atoms with E-state index in [0.717, 1.165) is 13.0 Å². The van der Waals surface area contributed by atoms with Gasteiger partial charge < -0.3 is 5.32 Å². The van der Waals surface area contributed by atoms with Crippen LogP contribution in [0.2, 0.25) is 0 Å². The van der Waals surface area contributed by atoms with Gasteiger partial charge in [-0.2, -0.15) is 0 Å². The van der Waals surface area contributed by atoms with Crippen LogP contribution >= 0.6 is 0 Å². The fourth-order valence-corrected chi connectivity index (χ4v) is 2.80. The van der Waals surface area contributed by atoms with Gasteiger partial charge in [0.1, 0.15) is 0 Å². The van der Waals surface area contributed by atoms with E-state index in [-0.39, 0.29) is 5.54 Å². The molecule has 1 nitrogen and oxygen atoms in total. The normalized spacial score (nSPS) is 12.8. The molecule has 0 aromatic heterocycles. The van der Waals surface area contributed by atoms with Crippen LogP contribution in [0.4, 0.5) is 0 Å². The van der Waals surface area contributed by atoms with Crippen molar-refractivity contribution in [3.8, 4) is 0 Å². The summed E-state index contributed by atoms with van der Waals surface area (Å²) in [6.45, 7) is 14.7. The Labute approximate surface area is 113 Å². The molecule has 0 aliphatic carbocycles. The van der Waals surface area contributed by atoms with E-state index >= 15 is 0 Å². The lowest BCUT2D eigenvalue weighted by molar-refractivity contribution is 0.240. The first kappa shape index (κ1) is 15.2. The second-order valence-electron chi connectivity index (χ2n) is 7.10. The van der Waals surface area contributed by atoms with Crippen LogP contribution in [0.25, 0.3) is 0 Å². The third-order valence-corrected chi connectivity index (χ3v) is 3.23. The lowest BCUT2D eigenvalue weighted by Gasteiger charge is -2.33. The van der Waals surface area contributed by atoms with Gasteiger partial charge in [-0.1, -0.05) is 52.0 Å². The molecule has 18 heavy (non-hydrogen) atoms. The van der Waals surface area contributed by atoms with Crippen LogP contribution in [0.1, 0.15) is 59.1 Å². The van der Waals surface area contributed by atoms with Crippen molar-refractivity contribution in [2.45, 2.75) is 66.5 Å². The van der Waals surface area contributed by atoms with Crippen LogP contribution in [0, 0.1) is 5.41 Å². The third kappa shape index (κ3) is 5.22. The summed E-state index contributed by atoms with van der Waals surface area (Å²) in [5.74, 6) is 0. The van der Waals surface area contributed by atoms with Crippen molar-refractivity contribution >= 4 is 0 Å². The molecule has 0 aliphatic heterocycles. The monoisotopic (exact) mass is 247 g/mol. The average Bonchev–Trinajstić information content (AvgIpc) is 2.23. The average molecular weight is 247 g/mol. The smallest absolute Gasteiger partial charge is 0.0213 e. The van der Waals surface area contributed by atoms with Crippen LogP contribution in [0.15, 0.2) is 24.3 Å². The van der Waals surface area contributed by atoms with E-state index in [1.807, 2.05) is 0 Å². The quantitative estimate of drug-likeness (QED) is 0.804. The largest absolute Gasteiger partial charge is 0.308 e. The van der Waals surface area contributed by atoms with E-state index in [0.29, 0.717) is 5.41 Å². The van der Waals surface area contributed by atoms with Crippen molar-refractivity contribution in [2.24, 2.45) is 5.41 Å². The molecule has 0 radical (unpaired) electrons. The molecule has 1 heteroatoms. The van der Waals surface area contributed by atoms with Gasteiger partial charge >= 0.3 is 0 Å². The summed E-state index contributed by atoms with van der Waals surface area (Å²) >= 11 is 0. The van der Waals surface area contributed by atoms with Gasteiger partial charge in [0.05, 0.1) is 0 Å². The summed E-state index contributed by atoms with van der Waals surface area (Å²) in [5.41, 5.74) is 3.43. The zero-order valence-electron chi connectivity index (χ0n) is 12.9. The fourth-order valence-electron chi connectivity index (χ4n) is 2.80. The maximum absolute atomic E-state index is 3.71. The number of hydrogen-bond acceptors (Lipinski definition) is 1. The molecule has 1 aromatic rings. The fraction of sp³-hybridized carbons (Fsp3) is 0.647. The molecule has 0 unspecified atom stereocenters. The van der Waals surface area contributed by atoms with Gasteiger partial charge in [0.2, 0.25) is 0 Å². The van der Waals surface area contributed by atoms with Gasteiger partial charge in [-0.25, -0.2) is 0 Å². The van der Waals surface area contributed by atoms with Crippen LogP contribution in [0.3, 0.4) is 0 Å². The van der Waals surface area contributed by atoms with Crippen molar-refractivity contribution in [2.75, 3.05) is 0 Å². The first-order chi connectivity index (χ1) is 8.23. The van der Waals surface area contributed by atoms with Crippen LogP contribution in [0.5, 0.6) is 0 Å². The second kappa shape index (κ2) is 5.88. The SMILES string of the molecule is CCc1ccccc1CNC(C)(C)CC(C)(C)C. The first-order valence-corrected chi connectivity index (χ1v) is 7.05. The van der Waals surface area contributed by atoms with Crippen molar-refractivity contribution in [3.05, 3.63) is 35.4 Å². The maximum atomic E-state index is 3.71. The number of rotatable bonds is 5. The molecule has 0 heterocycles. The predicted octanol–water partition coefficient (Wildman–Crippen LogP) is 4.55. The Hall–Kier alpha value is -0.820. The highest BCUT2D eigenvalue weighted by atomic mass is 15.0. The van der Waals surface area contributed by atoms with Gasteiger partial charge in [-0.15, -0.1) is 0 Å². The Kier molecular flexibility index (Phi) is 4.98. The van der Waals surface area contributed by atoms with E-state index in [1.54, 1.807) is 0 Å². The number of nitrogens with one attached hydrogen (secondary N) is 1. The lowest BCUT2D eigenvalue weighted by Crippen LogP contribution is -2.42. The Morgan fingerprint density at radius 1 is 0.944 bits per heavy atom. The molecule has 1 aromatic carbocycles. The number of hydrogen-bond donors (Lipinski definition) is 1. The maximum Gasteiger partial charge on any atom is 0.0213 e. The Morgan fingerprint density at radius 3 is 2.00 bits per heavy atom. The van der Waals surface area contributed by atoms with E-state index < -0.39 is 0 Å². The van der Waals surface area contributed by atoms with Crippen LogP contribution < -0.4 is 5.32 Å². The zero-order valence-corrected chi connectivity index (χ0v) is 12.9. The van der Waals surface area contributed by atoms with Gasteiger partial charge in [0, 0.05) is 12.1 Å². The molecule has 0 atom stereocenters. The number of benzene rings is 1. The Bertz CT molecular complexity index is 371. The van der Waals surface area contributed by atoms with E-state index in [9.17, 15) is 0 Å². The Morgan fingerprint density at radius 2 is 1.50 bits per heavy atom.